The van der Waals surface area contributed by atoms with Crippen LogP contribution < -0.4 is 0 Å². The van der Waals surface area contributed by atoms with Gasteiger partial charge in [0.1, 0.15) is 5.82 Å². The lowest BCUT2D eigenvalue weighted by atomic mass is 10.1. The smallest absolute Gasteiger partial charge is 0.132 e. The summed E-state index contributed by atoms with van der Waals surface area (Å²) in [7, 11) is 0. The third kappa shape index (κ3) is 2.17. The summed E-state index contributed by atoms with van der Waals surface area (Å²) < 4.78 is 1.24. The second-order valence-corrected chi connectivity index (χ2v) is 5.11. The first-order chi connectivity index (χ1) is 8.31. The third-order valence-electron chi connectivity index (χ3n) is 2.54. The number of nitrogens with zero attached hydrogens (tertiary/aromatic N) is 3. The molecule has 0 atom stereocenters. The van der Waals surface area contributed by atoms with Crippen molar-refractivity contribution in [1.29, 1.82) is 0 Å². The second-order valence-electron chi connectivity index (χ2n) is 3.88. The van der Waals surface area contributed by atoms with E-state index in [1.165, 1.54) is 10.3 Å². The van der Waals surface area contributed by atoms with Gasteiger partial charge in [0, 0.05) is 18.8 Å². The van der Waals surface area contributed by atoms with E-state index in [4.69, 9.17) is 0 Å². The molecule has 84 valence electrons. The Bertz CT molecular complexity index is 646. The van der Waals surface area contributed by atoms with E-state index < -0.39 is 0 Å². The van der Waals surface area contributed by atoms with Crippen molar-refractivity contribution in [3.63, 3.8) is 0 Å². The molecule has 3 rings (SSSR count). The van der Waals surface area contributed by atoms with E-state index in [1.807, 2.05) is 13.0 Å². The molecule has 0 radical (unpaired) electrons. The molecule has 0 amide bonds. The molecule has 0 unspecified atom stereocenters. The molecular formula is C13H11N3S. The third-order valence-corrected chi connectivity index (χ3v) is 3.49. The van der Waals surface area contributed by atoms with E-state index in [0.29, 0.717) is 0 Å². The number of rotatable bonds is 2. The van der Waals surface area contributed by atoms with Crippen LogP contribution in [0.15, 0.2) is 36.7 Å². The lowest BCUT2D eigenvalue weighted by Gasteiger charge is -1.99. The SMILES string of the molecule is Cc1nc2cc(Cc3ncccn3)ccc2s1. The number of hydrogen-bond donors (Lipinski definition) is 0. The van der Waals surface area contributed by atoms with Gasteiger partial charge in [-0.25, -0.2) is 15.0 Å². The molecular weight excluding hydrogens is 230 g/mol. The molecule has 0 aliphatic heterocycles. The number of hydrogen-bond acceptors (Lipinski definition) is 4. The summed E-state index contributed by atoms with van der Waals surface area (Å²) in [6.45, 7) is 2.03. The normalized spacial score (nSPS) is 10.9. The van der Waals surface area contributed by atoms with Crippen molar-refractivity contribution >= 4 is 21.6 Å². The summed E-state index contributed by atoms with van der Waals surface area (Å²) in [6.07, 6.45) is 4.30. The van der Waals surface area contributed by atoms with Gasteiger partial charge in [-0.15, -0.1) is 11.3 Å². The molecule has 4 heteroatoms. The summed E-state index contributed by atoms with van der Waals surface area (Å²) in [5, 5.41) is 1.10. The maximum absolute atomic E-state index is 4.49. The topological polar surface area (TPSA) is 38.7 Å². The van der Waals surface area contributed by atoms with Crippen molar-refractivity contribution in [2.75, 3.05) is 0 Å². The van der Waals surface area contributed by atoms with E-state index in [-0.39, 0.29) is 0 Å². The van der Waals surface area contributed by atoms with E-state index in [1.54, 1.807) is 23.7 Å². The monoisotopic (exact) mass is 241 g/mol. The molecule has 1 aromatic carbocycles. The largest absolute Gasteiger partial charge is 0.242 e. The molecule has 0 saturated carbocycles. The van der Waals surface area contributed by atoms with Crippen LogP contribution >= 0.6 is 11.3 Å². The lowest BCUT2D eigenvalue weighted by molar-refractivity contribution is 0.969. The average molecular weight is 241 g/mol. The molecule has 0 aliphatic carbocycles. The maximum Gasteiger partial charge on any atom is 0.132 e. The van der Waals surface area contributed by atoms with E-state index >= 15 is 0 Å². The molecule has 0 aliphatic rings. The Morgan fingerprint density at radius 2 is 2.00 bits per heavy atom. The van der Waals surface area contributed by atoms with Gasteiger partial charge in [0.25, 0.3) is 0 Å². The Balaban J connectivity index is 1.95. The minimum absolute atomic E-state index is 0.757. The van der Waals surface area contributed by atoms with Gasteiger partial charge < -0.3 is 0 Å². The fourth-order valence-corrected chi connectivity index (χ4v) is 2.61. The van der Waals surface area contributed by atoms with Gasteiger partial charge in [-0.1, -0.05) is 6.07 Å². The van der Waals surface area contributed by atoms with Crippen molar-refractivity contribution in [3.05, 3.63) is 53.1 Å². The summed E-state index contributed by atoms with van der Waals surface area (Å²) >= 11 is 1.72. The number of aryl methyl sites for hydroxylation is 1. The van der Waals surface area contributed by atoms with Crippen LogP contribution in [0, 0.1) is 6.92 Å². The zero-order valence-electron chi connectivity index (χ0n) is 9.42. The van der Waals surface area contributed by atoms with Crippen molar-refractivity contribution in [2.45, 2.75) is 13.3 Å². The first kappa shape index (κ1) is 10.4. The molecule has 3 nitrogen and oxygen atoms in total. The molecule has 0 saturated heterocycles. The van der Waals surface area contributed by atoms with Gasteiger partial charge in [0.15, 0.2) is 0 Å². The zero-order chi connectivity index (χ0) is 11.7. The number of thiazole rings is 1. The Labute approximate surface area is 103 Å². The molecule has 2 heterocycles. The Morgan fingerprint density at radius 1 is 1.18 bits per heavy atom. The highest BCUT2D eigenvalue weighted by atomic mass is 32.1. The predicted octanol–water partition coefficient (Wildman–Crippen LogP) is 2.99. The highest BCUT2D eigenvalue weighted by molar-refractivity contribution is 7.18. The van der Waals surface area contributed by atoms with Crippen molar-refractivity contribution in [1.82, 2.24) is 15.0 Å². The first-order valence-corrected chi connectivity index (χ1v) is 6.25. The van der Waals surface area contributed by atoms with Crippen molar-refractivity contribution in [3.8, 4) is 0 Å². The molecule has 0 fully saturated rings. The van der Waals surface area contributed by atoms with Gasteiger partial charge >= 0.3 is 0 Å². The second kappa shape index (κ2) is 4.22. The first-order valence-electron chi connectivity index (χ1n) is 5.43. The maximum atomic E-state index is 4.49. The summed E-state index contributed by atoms with van der Waals surface area (Å²) in [5.41, 5.74) is 2.27. The quantitative estimate of drug-likeness (QED) is 0.692. The van der Waals surface area contributed by atoms with Crippen LogP contribution in [0.1, 0.15) is 16.4 Å². The highest BCUT2D eigenvalue weighted by Gasteiger charge is 2.03. The van der Waals surface area contributed by atoms with Gasteiger partial charge in [0.05, 0.1) is 15.2 Å². The van der Waals surface area contributed by atoms with Gasteiger partial charge in [0.2, 0.25) is 0 Å². The van der Waals surface area contributed by atoms with Crippen molar-refractivity contribution < 1.29 is 0 Å². The van der Waals surface area contributed by atoms with Crippen LogP contribution in [0.25, 0.3) is 10.2 Å². The standard InChI is InChI=1S/C13H11N3S/c1-9-16-11-7-10(3-4-12(11)17-9)8-13-14-5-2-6-15-13/h2-7H,8H2,1H3. The molecule has 0 N–H and O–H groups in total. The average Bonchev–Trinajstić information content (AvgIpc) is 2.70. The van der Waals surface area contributed by atoms with Gasteiger partial charge in [-0.05, 0) is 30.7 Å². The molecule has 0 spiro atoms. The Kier molecular flexibility index (Phi) is 2.57. The van der Waals surface area contributed by atoms with E-state index in [2.05, 4.69) is 33.2 Å². The predicted molar refractivity (Wildman–Crippen MR) is 69.2 cm³/mol. The van der Waals surface area contributed by atoms with E-state index in [9.17, 15) is 0 Å². The summed E-state index contributed by atoms with van der Waals surface area (Å²) in [6, 6.07) is 8.19. The molecule has 0 bridgehead atoms. The highest BCUT2D eigenvalue weighted by Crippen LogP contribution is 2.22. The molecule has 17 heavy (non-hydrogen) atoms. The van der Waals surface area contributed by atoms with Crippen LogP contribution in [0.4, 0.5) is 0 Å². The van der Waals surface area contributed by atoms with E-state index in [0.717, 1.165) is 22.8 Å². The van der Waals surface area contributed by atoms with Crippen LogP contribution in [0.3, 0.4) is 0 Å². The van der Waals surface area contributed by atoms with Crippen LogP contribution in [0.5, 0.6) is 0 Å². The summed E-state index contributed by atoms with van der Waals surface area (Å²) in [4.78, 5) is 13.0. The summed E-state index contributed by atoms with van der Waals surface area (Å²) in [5.74, 6) is 0.846. The Morgan fingerprint density at radius 3 is 2.82 bits per heavy atom. The van der Waals surface area contributed by atoms with Crippen LogP contribution in [0.2, 0.25) is 0 Å². The fourth-order valence-electron chi connectivity index (χ4n) is 1.80. The minimum atomic E-state index is 0.757. The van der Waals surface area contributed by atoms with Crippen LogP contribution in [-0.2, 0) is 6.42 Å². The van der Waals surface area contributed by atoms with Gasteiger partial charge in [-0.3, -0.25) is 0 Å². The Hall–Kier alpha value is -1.81. The molecule has 3 aromatic rings. The number of fused-ring (bicyclic) bond motifs is 1. The number of benzene rings is 1. The minimum Gasteiger partial charge on any atom is -0.242 e. The molecule has 2 aromatic heterocycles. The lowest BCUT2D eigenvalue weighted by Crippen LogP contribution is -1.94. The van der Waals surface area contributed by atoms with Gasteiger partial charge in [-0.2, -0.15) is 0 Å². The zero-order valence-corrected chi connectivity index (χ0v) is 10.2. The van der Waals surface area contributed by atoms with Crippen molar-refractivity contribution in [2.24, 2.45) is 0 Å². The van der Waals surface area contributed by atoms with Crippen LogP contribution in [-0.4, -0.2) is 15.0 Å². The number of aromatic nitrogens is 3. The fraction of sp³-hybridized carbons (Fsp3) is 0.154.